The Kier molecular flexibility index (Phi) is 4.44. The molecule has 0 atom stereocenters. The Morgan fingerprint density at radius 2 is 2.06 bits per heavy atom. The smallest absolute Gasteiger partial charge is 0.255 e. The largest absolute Gasteiger partial charge is 0.386 e. The summed E-state index contributed by atoms with van der Waals surface area (Å²) in [6, 6.07) is 3.23. The molecule has 0 fully saturated rings. The summed E-state index contributed by atoms with van der Waals surface area (Å²) in [5, 5.41) is 3.82. The van der Waals surface area contributed by atoms with Crippen LogP contribution in [0.2, 0.25) is 10.0 Å². The van der Waals surface area contributed by atoms with Gasteiger partial charge in [-0.2, -0.15) is 0 Å². The van der Waals surface area contributed by atoms with Gasteiger partial charge in [-0.25, -0.2) is 0 Å². The van der Waals surface area contributed by atoms with Crippen LogP contribution >= 0.6 is 23.2 Å². The molecule has 1 N–H and O–H groups in total. The maximum absolute atomic E-state index is 12.0. The van der Waals surface area contributed by atoms with Crippen molar-refractivity contribution in [2.75, 3.05) is 26.0 Å². The Balaban J connectivity index is 3.26. The van der Waals surface area contributed by atoms with Gasteiger partial charge in [0.1, 0.15) is 0 Å². The number of amides is 1. The molecule has 16 heavy (non-hydrogen) atoms. The zero-order valence-electron chi connectivity index (χ0n) is 9.47. The van der Waals surface area contributed by atoms with Crippen molar-refractivity contribution >= 4 is 34.8 Å². The lowest BCUT2D eigenvalue weighted by molar-refractivity contribution is 0.0803. The van der Waals surface area contributed by atoms with Crippen LogP contribution in [0.5, 0.6) is 0 Å². The summed E-state index contributed by atoms with van der Waals surface area (Å²) in [6.07, 6.45) is 0. The molecule has 0 aliphatic carbocycles. The van der Waals surface area contributed by atoms with Crippen molar-refractivity contribution in [1.82, 2.24) is 4.90 Å². The summed E-state index contributed by atoms with van der Waals surface area (Å²) in [5.74, 6) is -0.101. The van der Waals surface area contributed by atoms with E-state index in [0.717, 1.165) is 0 Å². The molecule has 0 aromatic heterocycles. The lowest BCUT2D eigenvalue weighted by atomic mass is 10.1. The van der Waals surface area contributed by atoms with E-state index in [-0.39, 0.29) is 5.91 Å². The minimum Gasteiger partial charge on any atom is -0.386 e. The van der Waals surface area contributed by atoms with Crippen LogP contribution < -0.4 is 5.32 Å². The standard InChI is InChI=1S/C11H14Cl2N2O/c1-4-15(3)11(16)8-5-7(12)6-9(13)10(8)14-2/h5-6,14H,4H2,1-3H3. The fourth-order valence-corrected chi connectivity index (χ4v) is 1.93. The van der Waals surface area contributed by atoms with Gasteiger partial charge in [-0.3, -0.25) is 4.79 Å². The van der Waals surface area contributed by atoms with Gasteiger partial charge in [-0.1, -0.05) is 23.2 Å². The van der Waals surface area contributed by atoms with Gasteiger partial charge < -0.3 is 10.2 Å². The van der Waals surface area contributed by atoms with Crippen LogP contribution in [0.25, 0.3) is 0 Å². The molecule has 3 nitrogen and oxygen atoms in total. The molecular formula is C11H14Cl2N2O. The molecule has 0 aliphatic rings. The first-order chi connectivity index (χ1) is 7.51. The summed E-state index contributed by atoms with van der Waals surface area (Å²) in [4.78, 5) is 13.6. The predicted octanol–water partition coefficient (Wildman–Crippen LogP) is 3.13. The fourth-order valence-electron chi connectivity index (χ4n) is 1.35. The topological polar surface area (TPSA) is 32.3 Å². The van der Waals surface area contributed by atoms with Gasteiger partial charge in [-0.05, 0) is 19.1 Å². The third-order valence-corrected chi connectivity index (χ3v) is 2.87. The van der Waals surface area contributed by atoms with Crippen molar-refractivity contribution in [3.8, 4) is 0 Å². The van der Waals surface area contributed by atoms with Crippen LogP contribution in [0, 0.1) is 0 Å². The van der Waals surface area contributed by atoms with Gasteiger partial charge in [0.05, 0.1) is 16.3 Å². The van der Waals surface area contributed by atoms with Crippen molar-refractivity contribution in [1.29, 1.82) is 0 Å². The predicted molar refractivity (Wildman–Crippen MR) is 68.6 cm³/mol. The van der Waals surface area contributed by atoms with Gasteiger partial charge in [-0.15, -0.1) is 0 Å². The van der Waals surface area contributed by atoms with Crippen molar-refractivity contribution in [2.45, 2.75) is 6.92 Å². The molecule has 5 heteroatoms. The number of carbonyl (C=O) groups excluding carboxylic acids is 1. The molecule has 0 bridgehead atoms. The Morgan fingerprint density at radius 1 is 1.44 bits per heavy atom. The summed E-state index contributed by atoms with van der Waals surface area (Å²) < 4.78 is 0. The zero-order valence-corrected chi connectivity index (χ0v) is 11.0. The molecule has 0 unspecified atom stereocenters. The Labute approximate surface area is 105 Å². The van der Waals surface area contributed by atoms with Gasteiger partial charge in [0, 0.05) is 25.7 Å². The summed E-state index contributed by atoms with van der Waals surface area (Å²) in [5.41, 5.74) is 1.10. The highest BCUT2D eigenvalue weighted by Gasteiger charge is 2.17. The van der Waals surface area contributed by atoms with Crippen molar-refractivity contribution in [3.05, 3.63) is 27.7 Å². The molecule has 1 rings (SSSR count). The highest BCUT2D eigenvalue weighted by molar-refractivity contribution is 6.37. The van der Waals surface area contributed by atoms with Crippen molar-refractivity contribution in [2.24, 2.45) is 0 Å². The van der Waals surface area contributed by atoms with E-state index >= 15 is 0 Å². The number of hydrogen-bond acceptors (Lipinski definition) is 2. The first-order valence-corrected chi connectivity index (χ1v) is 5.69. The zero-order chi connectivity index (χ0) is 12.3. The van der Waals surface area contributed by atoms with E-state index in [4.69, 9.17) is 23.2 Å². The summed E-state index contributed by atoms with van der Waals surface area (Å²) in [6.45, 7) is 2.54. The van der Waals surface area contributed by atoms with Gasteiger partial charge in [0.2, 0.25) is 0 Å². The quantitative estimate of drug-likeness (QED) is 0.906. The number of carbonyl (C=O) groups is 1. The highest BCUT2D eigenvalue weighted by atomic mass is 35.5. The van der Waals surface area contributed by atoms with Crippen LogP contribution in [-0.2, 0) is 0 Å². The molecule has 88 valence electrons. The Morgan fingerprint density at radius 3 is 2.56 bits per heavy atom. The third-order valence-electron chi connectivity index (χ3n) is 2.36. The molecule has 0 saturated carbocycles. The van der Waals surface area contributed by atoms with E-state index in [1.165, 1.54) is 0 Å². The Bertz CT molecular complexity index is 407. The second-order valence-electron chi connectivity index (χ2n) is 3.38. The van der Waals surface area contributed by atoms with E-state index in [1.54, 1.807) is 31.1 Å². The normalized spacial score (nSPS) is 10.1. The summed E-state index contributed by atoms with van der Waals surface area (Å²) >= 11 is 11.9. The molecular weight excluding hydrogens is 247 g/mol. The first kappa shape index (κ1) is 13.1. The number of nitrogens with one attached hydrogen (secondary N) is 1. The van der Waals surface area contributed by atoms with Crippen molar-refractivity contribution < 1.29 is 4.79 Å². The second kappa shape index (κ2) is 5.41. The van der Waals surface area contributed by atoms with Crippen LogP contribution in [-0.4, -0.2) is 31.4 Å². The van der Waals surface area contributed by atoms with Crippen LogP contribution in [0.4, 0.5) is 5.69 Å². The van der Waals surface area contributed by atoms with E-state index in [0.29, 0.717) is 27.8 Å². The molecule has 0 aliphatic heterocycles. The van der Waals surface area contributed by atoms with Crippen LogP contribution in [0.3, 0.4) is 0 Å². The van der Waals surface area contributed by atoms with E-state index in [1.807, 2.05) is 6.92 Å². The SMILES string of the molecule is CCN(C)C(=O)c1cc(Cl)cc(Cl)c1NC. The second-order valence-corrected chi connectivity index (χ2v) is 4.22. The number of nitrogens with zero attached hydrogens (tertiary/aromatic N) is 1. The number of anilines is 1. The molecule has 1 amide bonds. The number of hydrogen-bond donors (Lipinski definition) is 1. The third kappa shape index (κ3) is 2.60. The minimum absolute atomic E-state index is 0.101. The molecule has 1 aromatic carbocycles. The lowest BCUT2D eigenvalue weighted by Gasteiger charge is -2.18. The first-order valence-electron chi connectivity index (χ1n) is 4.93. The van der Waals surface area contributed by atoms with Crippen molar-refractivity contribution in [3.63, 3.8) is 0 Å². The number of rotatable bonds is 3. The fraction of sp³-hybridized carbons (Fsp3) is 0.364. The van der Waals surface area contributed by atoms with E-state index in [2.05, 4.69) is 5.32 Å². The van der Waals surface area contributed by atoms with E-state index in [9.17, 15) is 4.79 Å². The van der Waals surface area contributed by atoms with Crippen LogP contribution in [0.1, 0.15) is 17.3 Å². The van der Waals surface area contributed by atoms with Gasteiger partial charge in [0.15, 0.2) is 0 Å². The maximum Gasteiger partial charge on any atom is 0.255 e. The summed E-state index contributed by atoms with van der Waals surface area (Å²) in [7, 11) is 3.45. The minimum atomic E-state index is -0.101. The number of benzene rings is 1. The maximum atomic E-state index is 12.0. The average Bonchev–Trinajstić information content (AvgIpc) is 2.26. The molecule has 0 spiro atoms. The molecule has 0 saturated heterocycles. The number of halogens is 2. The van der Waals surface area contributed by atoms with Gasteiger partial charge in [0.25, 0.3) is 5.91 Å². The highest BCUT2D eigenvalue weighted by Crippen LogP contribution is 2.30. The molecule has 1 aromatic rings. The van der Waals surface area contributed by atoms with Gasteiger partial charge >= 0.3 is 0 Å². The lowest BCUT2D eigenvalue weighted by Crippen LogP contribution is -2.27. The Hall–Kier alpha value is -0.930. The monoisotopic (exact) mass is 260 g/mol. The molecule has 0 radical (unpaired) electrons. The molecule has 0 heterocycles. The average molecular weight is 261 g/mol. The van der Waals surface area contributed by atoms with Crippen LogP contribution in [0.15, 0.2) is 12.1 Å². The van der Waals surface area contributed by atoms with E-state index < -0.39 is 0 Å².